The van der Waals surface area contributed by atoms with Gasteiger partial charge in [0.2, 0.25) is 11.5 Å². The number of anilines is 1. The zero-order chi connectivity index (χ0) is 19.0. The van der Waals surface area contributed by atoms with Crippen LogP contribution in [0.2, 0.25) is 5.02 Å². The Hall–Kier alpha value is -2.91. The zero-order valence-electron chi connectivity index (χ0n) is 14.0. The first-order valence-electron chi connectivity index (χ1n) is 8.16. The molecule has 0 atom stereocenters. The number of halogens is 2. The number of hydrogen-bond acceptors (Lipinski definition) is 6. The van der Waals surface area contributed by atoms with Crippen molar-refractivity contribution in [1.82, 2.24) is 19.7 Å². The standard InChI is InChI=1S/C17H15ClFN5O3/c18-13-5-10(19)1-3-14(13)27-12-7-23(8-12)17-22-21-15(9-25)24(17)11-2-4-16(26)20-6-11/h1-6,12,25H,7-9H2,(H,20,26). The van der Waals surface area contributed by atoms with Crippen LogP contribution in [0.4, 0.5) is 10.3 Å². The van der Waals surface area contributed by atoms with Crippen molar-refractivity contribution in [3.05, 3.63) is 63.5 Å². The Bertz CT molecular complexity index is 1010. The van der Waals surface area contributed by atoms with Crippen molar-refractivity contribution >= 4 is 17.5 Å². The zero-order valence-corrected chi connectivity index (χ0v) is 14.7. The lowest BCUT2D eigenvalue weighted by atomic mass is 10.2. The molecule has 1 saturated heterocycles. The second-order valence-corrected chi connectivity index (χ2v) is 6.45. The molecule has 0 spiro atoms. The Balaban J connectivity index is 1.52. The van der Waals surface area contributed by atoms with Gasteiger partial charge in [0.25, 0.3) is 0 Å². The van der Waals surface area contributed by atoms with Gasteiger partial charge < -0.3 is 19.7 Å². The quantitative estimate of drug-likeness (QED) is 0.684. The average Bonchev–Trinajstić information content (AvgIpc) is 3.03. The largest absolute Gasteiger partial charge is 0.485 e. The van der Waals surface area contributed by atoms with Gasteiger partial charge in [-0.3, -0.25) is 9.36 Å². The van der Waals surface area contributed by atoms with Gasteiger partial charge in [-0.1, -0.05) is 11.6 Å². The molecule has 8 nitrogen and oxygen atoms in total. The molecule has 4 rings (SSSR count). The molecule has 10 heteroatoms. The van der Waals surface area contributed by atoms with Crippen LogP contribution >= 0.6 is 11.6 Å². The highest BCUT2D eigenvalue weighted by Gasteiger charge is 2.33. The van der Waals surface area contributed by atoms with Crippen molar-refractivity contribution in [3.8, 4) is 11.4 Å². The van der Waals surface area contributed by atoms with Gasteiger partial charge in [-0.2, -0.15) is 0 Å². The molecule has 2 aromatic heterocycles. The Labute approximate surface area is 157 Å². The van der Waals surface area contributed by atoms with Crippen LogP contribution in [0.25, 0.3) is 5.69 Å². The predicted octanol–water partition coefficient (Wildman–Crippen LogP) is 1.51. The van der Waals surface area contributed by atoms with Crippen LogP contribution in [0.15, 0.2) is 41.3 Å². The summed E-state index contributed by atoms with van der Waals surface area (Å²) in [4.78, 5) is 15.8. The number of ether oxygens (including phenoxy) is 1. The number of aliphatic hydroxyl groups is 1. The van der Waals surface area contributed by atoms with E-state index in [1.165, 1.54) is 30.5 Å². The number of aliphatic hydroxyl groups excluding tert-OH is 1. The van der Waals surface area contributed by atoms with Gasteiger partial charge in [0.1, 0.15) is 24.3 Å². The number of rotatable bonds is 5. The number of nitrogens with zero attached hydrogens (tertiary/aromatic N) is 4. The maximum atomic E-state index is 13.1. The van der Waals surface area contributed by atoms with Crippen LogP contribution < -0.4 is 15.2 Å². The Morgan fingerprint density at radius 1 is 1.30 bits per heavy atom. The van der Waals surface area contributed by atoms with Crippen molar-refractivity contribution in [1.29, 1.82) is 0 Å². The maximum absolute atomic E-state index is 13.1. The van der Waals surface area contributed by atoms with Crippen LogP contribution in [0.3, 0.4) is 0 Å². The third-order valence-corrected chi connectivity index (χ3v) is 4.49. The summed E-state index contributed by atoms with van der Waals surface area (Å²) in [6, 6.07) is 6.99. The maximum Gasteiger partial charge on any atom is 0.248 e. The van der Waals surface area contributed by atoms with Crippen LogP contribution in [0.5, 0.6) is 5.75 Å². The summed E-state index contributed by atoms with van der Waals surface area (Å²) in [5.74, 6) is 0.869. The van der Waals surface area contributed by atoms with Gasteiger partial charge in [0.05, 0.1) is 23.8 Å². The van der Waals surface area contributed by atoms with Crippen molar-refractivity contribution in [2.75, 3.05) is 18.0 Å². The molecule has 0 bridgehead atoms. The van der Waals surface area contributed by atoms with Crippen molar-refractivity contribution in [3.63, 3.8) is 0 Å². The summed E-state index contributed by atoms with van der Waals surface area (Å²) in [5.41, 5.74) is 0.400. The van der Waals surface area contributed by atoms with Gasteiger partial charge >= 0.3 is 0 Å². The molecular formula is C17H15ClFN5O3. The van der Waals surface area contributed by atoms with E-state index in [0.29, 0.717) is 36.3 Å². The van der Waals surface area contributed by atoms with E-state index in [0.717, 1.165) is 0 Å². The number of aromatic amines is 1. The van der Waals surface area contributed by atoms with E-state index in [4.69, 9.17) is 16.3 Å². The van der Waals surface area contributed by atoms with Crippen molar-refractivity contribution in [2.45, 2.75) is 12.7 Å². The Morgan fingerprint density at radius 3 is 2.78 bits per heavy atom. The van der Waals surface area contributed by atoms with Gasteiger partial charge in [0.15, 0.2) is 5.82 Å². The minimum absolute atomic E-state index is 0.147. The first-order chi connectivity index (χ1) is 13.0. The topological polar surface area (TPSA) is 96.3 Å². The fraction of sp³-hybridized carbons (Fsp3) is 0.235. The summed E-state index contributed by atoms with van der Waals surface area (Å²) < 4.78 is 20.6. The first-order valence-corrected chi connectivity index (χ1v) is 8.54. The van der Waals surface area contributed by atoms with E-state index >= 15 is 0 Å². The lowest BCUT2D eigenvalue weighted by molar-refractivity contribution is 0.165. The van der Waals surface area contributed by atoms with Crippen LogP contribution in [0.1, 0.15) is 5.82 Å². The highest BCUT2D eigenvalue weighted by Crippen LogP contribution is 2.30. The number of aromatic nitrogens is 4. The molecule has 0 unspecified atom stereocenters. The second kappa shape index (κ2) is 7.01. The van der Waals surface area contributed by atoms with E-state index in [9.17, 15) is 14.3 Å². The minimum Gasteiger partial charge on any atom is -0.485 e. The second-order valence-electron chi connectivity index (χ2n) is 6.04. The molecule has 2 N–H and O–H groups in total. The van der Waals surface area contributed by atoms with E-state index in [-0.39, 0.29) is 23.3 Å². The Kier molecular flexibility index (Phi) is 4.54. The lowest BCUT2D eigenvalue weighted by Crippen LogP contribution is -2.55. The van der Waals surface area contributed by atoms with Crippen LogP contribution in [0, 0.1) is 5.82 Å². The SMILES string of the molecule is O=c1ccc(-n2c(CO)nnc2N2CC(Oc3ccc(F)cc3Cl)C2)c[nH]1. The Morgan fingerprint density at radius 2 is 2.11 bits per heavy atom. The van der Waals surface area contributed by atoms with E-state index < -0.39 is 5.82 Å². The molecule has 1 aromatic carbocycles. The van der Waals surface area contributed by atoms with E-state index in [2.05, 4.69) is 15.2 Å². The highest BCUT2D eigenvalue weighted by molar-refractivity contribution is 6.32. The third kappa shape index (κ3) is 3.38. The number of benzene rings is 1. The molecule has 3 aromatic rings. The van der Waals surface area contributed by atoms with Gasteiger partial charge in [-0.25, -0.2) is 4.39 Å². The molecule has 0 amide bonds. The third-order valence-electron chi connectivity index (χ3n) is 4.20. The fourth-order valence-electron chi connectivity index (χ4n) is 2.85. The molecule has 27 heavy (non-hydrogen) atoms. The number of pyridine rings is 1. The molecule has 3 heterocycles. The summed E-state index contributed by atoms with van der Waals surface area (Å²) in [6.45, 7) is 0.728. The summed E-state index contributed by atoms with van der Waals surface area (Å²) >= 11 is 5.99. The predicted molar refractivity (Wildman–Crippen MR) is 95.9 cm³/mol. The lowest BCUT2D eigenvalue weighted by Gasteiger charge is -2.39. The average molecular weight is 392 g/mol. The summed E-state index contributed by atoms with van der Waals surface area (Å²) in [6.07, 6.45) is 1.38. The van der Waals surface area contributed by atoms with Crippen LogP contribution in [-0.2, 0) is 6.61 Å². The molecular weight excluding hydrogens is 377 g/mol. The summed E-state index contributed by atoms with van der Waals surface area (Å²) in [7, 11) is 0. The van der Waals surface area contributed by atoms with Gasteiger partial charge in [-0.05, 0) is 24.3 Å². The monoisotopic (exact) mass is 391 g/mol. The smallest absolute Gasteiger partial charge is 0.248 e. The van der Waals surface area contributed by atoms with Gasteiger partial charge in [0, 0.05) is 12.3 Å². The minimum atomic E-state index is -0.423. The molecule has 0 aliphatic carbocycles. The molecule has 1 fully saturated rings. The first kappa shape index (κ1) is 17.5. The summed E-state index contributed by atoms with van der Waals surface area (Å²) in [5, 5.41) is 17.9. The highest BCUT2D eigenvalue weighted by atomic mass is 35.5. The number of nitrogens with one attached hydrogen (secondary N) is 1. The fourth-order valence-corrected chi connectivity index (χ4v) is 3.06. The van der Waals surface area contributed by atoms with Crippen molar-refractivity contribution in [2.24, 2.45) is 0 Å². The molecule has 0 saturated carbocycles. The van der Waals surface area contributed by atoms with Crippen LogP contribution in [-0.4, -0.2) is 44.0 Å². The van der Waals surface area contributed by atoms with E-state index in [1.807, 2.05) is 4.90 Å². The normalized spacial score (nSPS) is 14.3. The molecule has 1 aliphatic rings. The van der Waals surface area contributed by atoms with E-state index in [1.54, 1.807) is 10.6 Å². The number of hydrogen-bond donors (Lipinski definition) is 2. The van der Waals surface area contributed by atoms with Gasteiger partial charge in [-0.15, -0.1) is 10.2 Å². The molecule has 140 valence electrons. The molecule has 0 radical (unpaired) electrons. The molecule has 1 aliphatic heterocycles. The van der Waals surface area contributed by atoms with Crippen molar-refractivity contribution < 1.29 is 14.2 Å². The number of H-pyrrole nitrogens is 1.